The van der Waals surface area contributed by atoms with Gasteiger partial charge in [-0.1, -0.05) is 111 Å². The zero-order chi connectivity index (χ0) is 45.7. The van der Waals surface area contributed by atoms with Crippen LogP contribution in [0.25, 0.3) is 22.3 Å². The van der Waals surface area contributed by atoms with Crippen molar-refractivity contribution in [1.82, 2.24) is 10.7 Å². The van der Waals surface area contributed by atoms with E-state index in [9.17, 15) is 22.8 Å². The fraction of sp³-hybridized carbons (Fsp3) is 0.360. The first-order valence-electron chi connectivity index (χ1n) is 21.8. The number of alkyl carbamates (subject to hydrolysis) is 1. The van der Waals surface area contributed by atoms with Crippen molar-refractivity contribution in [2.75, 3.05) is 24.7 Å². The molecule has 0 bridgehead atoms. The molecule has 338 valence electrons. The third-order valence-electron chi connectivity index (χ3n) is 10.8. The average molecular weight is 923 g/mol. The Hall–Kier alpha value is -5.44. The standard InChI is InChI=1S/C50H58N4O7S3/c1-34-20-18-27-43(46(34)35-21-19-22-37(30-35)64(58,59)44-31-36(63-47(44)62-5)32-52-54-49(57)61-50(2,3)4)53-45(55)28-12-10-8-6-7-9-11-17-29-51-48(56)60-33-42-40-25-15-13-23-38(40)39-24-14-16-26-41(39)42/h13-16,18-27,30-32,42H,6-12,17,28-29,33H2,1-5H3,(H,51,56)(H,53,55)(H,54,57). The summed E-state index contributed by atoms with van der Waals surface area (Å²) < 4.78 is 39.6. The molecule has 14 heteroatoms. The van der Waals surface area contributed by atoms with E-state index < -0.39 is 21.5 Å². The Balaban J connectivity index is 0.903. The number of amides is 3. The van der Waals surface area contributed by atoms with Crippen molar-refractivity contribution in [3.63, 3.8) is 0 Å². The number of sulfone groups is 1. The number of fused-ring (bicyclic) bond motifs is 3. The molecule has 3 amide bonds. The van der Waals surface area contributed by atoms with Gasteiger partial charge in [-0.3, -0.25) is 4.79 Å². The van der Waals surface area contributed by atoms with Crippen LogP contribution >= 0.6 is 23.1 Å². The number of carbonyl (C=O) groups is 3. The van der Waals surface area contributed by atoms with Gasteiger partial charge in [0.25, 0.3) is 0 Å². The molecule has 1 aromatic heterocycles. The molecule has 4 aromatic carbocycles. The summed E-state index contributed by atoms with van der Waals surface area (Å²) in [7, 11) is -3.95. The minimum absolute atomic E-state index is 0.0483. The highest BCUT2D eigenvalue weighted by Crippen LogP contribution is 2.44. The Morgan fingerprint density at radius 3 is 2.11 bits per heavy atom. The van der Waals surface area contributed by atoms with Crippen LogP contribution in [0.2, 0.25) is 0 Å². The van der Waals surface area contributed by atoms with Crippen molar-refractivity contribution in [1.29, 1.82) is 0 Å². The second kappa shape index (κ2) is 22.5. The smallest absolute Gasteiger partial charge is 0.428 e. The van der Waals surface area contributed by atoms with Crippen molar-refractivity contribution in [2.24, 2.45) is 5.10 Å². The molecule has 0 saturated heterocycles. The molecular weight excluding hydrogens is 865 g/mol. The number of thioether (sulfide) groups is 1. The second-order valence-corrected chi connectivity index (χ2v) is 20.9. The highest BCUT2D eigenvalue weighted by atomic mass is 32.2. The first-order valence-corrected chi connectivity index (χ1v) is 25.3. The fourth-order valence-corrected chi connectivity index (χ4v) is 11.8. The fourth-order valence-electron chi connectivity index (χ4n) is 7.84. The zero-order valence-electron chi connectivity index (χ0n) is 37.2. The van der Waals surface area contributed by atoms with Crippen molar-refractivity contribution >= 4 is 62.9 Å². The zero-order valence-corrected chi connectivity index (χ0v) is 39.6. The van der Waals surface area contributed by atoms with Crippen LogP contribution in [0.15, 0.2) is 116 Å². The van der Waals surface area contributed by atoms with Crippen LogP contribution in [0.4, 0.5) is 15.3 Å². The van der Waals surface area contributed by atoms with Gasteiger partial charge >= 0.3 is 12.2 Å². The van der Waals surface area contributed by atoms with E-state index >= 15 is 0 Å². The number of unbranched alkanes of at least 4 members (excludes halogenated alkanes) is 7. The molecule has 1 heterocycles. The topological polar surface area (TPSA) is 152 Å². The minimum atomic E-state index is -3.95. The lowest BCUT2D eigenvalue weighted by molar-refractivity contribution is -0.116. The number of rotatable bonds is 20. The summed E-state index contributed by atoms with van der Waals surface area (Å²) in [6.07, 6.45) is 10.5. The Bertz CT molecular complexity index is 2520. The molecule has 0 fully saturated rings. The molecule has 1 aliphatic rings. The van der Waals surface area contributed by atoms with E-state index in [-0.39, 0.29) is 27.7 Å². The molecule has 5 aromatic rings. The maximum Gasteiger partial charge on any atom is 0.428 e. The first kappa shape index (κ1) is 48.0. The van der Waals surface area contributed by atoms with Gasteiger partial charge in [-0.2, -0.15) is 5.10 Å². The number of nitrogens with one attached hydrogen (secondary N) is 3. The molecule has 3 N–H and O–H groups in total. The number of thiophene rings is 1. The summed E-state index contributed by atoms with van der Waals surface area (Å²) in [6, 6.07) is 30.6. The summed E-state index contributed by atoms with van der Waals surface area (Å²) in [5.41, 5.74) is 9.41. The summed E-state index contributed by atoms with van der Waals surface area (Å²) in [6.45, 7) is 8.08. The lowest BCUT2D eigenvalue weighted by atomic mass is 9.98. The summed E-state index contributed by atoms with van der Waals surface area (Å²) in [4.78, 5) is 38.5. The molecule has 0 atom stereocenters. The third kappa shape index (κ3) is 12.9. The number of aryl methyl sites for hydroxylation is 1. The van der Waals surface area contributed by atoms with Crippen LogP contribution < -0.4 is 16.1 Å². The predicted octanol–water partition coefficient (Wildman–Crippen LogP) is 12.1. The van der Waals surface area contributed by atoms with Crippen molar-refractivity contribution in [2.45, 2.75) is 111 Å². The number of carbonyl (C=O) groups excluding carboxylic acids is 3. The highest BCUT2D eigenvalue weighted by Gasteiger charge is 2.29. The highest BCUT2D eigenvalue weighted by molar-refractivity contribution is 8.01. The van der Waals surface area contributed by atoms with Gasteiger partial charge in [-0.25, -0.2) is 23.4 Å². The summed E-state index contributed by atoms with van der Waals surface area (Å²) >= 11 is 2.57. The maximum absolute atomic E-state index is 14.1. The van der Waals surface area contributed by atoms with E-state index in [2.05, 4.69) is 45.4 Å². The van der Waals surface area contributed by atoms with Crippen molar-refractivity contribution in [3.05, 3.63) is 119 Å². The Morgan fingerprint density at radius 2 is 1.44 bits per heavy atom. The Labute approximate surface area is 385 Å². The maximum atomic E-state index is 14.1. The third-order valence-corrected chi connectivity index (χ3v) is 15.1. The van der Waals surface area contributed by atoms with Crippen LogP contribution in [0.1, 0.15) is 106 Å². The molecule has 0 spiro atoms. The molecular formula is C50H58N4O7S3. The van der Waals surface area contributed by atoms with E-state index in [1.54, 1.807) is 45.0 Å². The second-order valence-electron chi connectivity index (χ2n) is 16.8. The van der Waals surface area contributed by atoms with E-state index in [4.69, 9.17) is 9.47 Å². The predicted molar refractivity (Wildman–Crippen MR) is 258 cm³/mol. The van der Waals surface area contributed by atoms with Gasteiger partial charge in [-0.05, 0) is 104 Å². The quantitative estimate of drug-likeness (QED) is 0.0302. The number of nitrogens with zero attached hydrogens (tertiary/aromatic N) is 1. The van der Waals surface area contributed by atoms with Crippen LogP contribution in [0.5, 0.6) is 0 Å². The largest absolute Gasteiger partial charge is 0.449 e. The number of hydrazone groups is 1. The van der Waals surface area contributed by atoms with Gasteiger partial charge in [0.05, 0.1) is 20.2 Å². The minimum Gasteiger partial charge on any atom is -0.449 e. The number of ether oxygens (including phenoxy) is 2. The summed E-state index contributed by atoms with van der Waals surface area (Å²) in [5.74, 6) is -0.0371. The van der Waals surface area contributed by atoms with Gasteiger partial charge in [0.2, 0.25) is 15.7 Å². The van der Waals surface area contributed by atoms with Crippen LogP contribution in [0, 0.1) is 6.92 Å². The number of hydrogen-bond acceptors (Lipinski definition) is 10. The lowest BCUT2D eigenvalue weighted by Crippen LogP contribution is -2.29. The molecule has 0 unspecified atom stereocenters. The van der Waals surface area contributed by atoms with E-state index in [1.807, 2.05) is 61.7 Å². The van der Waals surface area contributed by atoms with Gasteiger partial charge in [0.15, 0.2) is 0 Å². The van der Waals surface area contributed by atoms with Crippen molar-refractivity contribution in [3.8, 4) is 22.3 Å². The molecule has 0 aliphatic heterocycles. The number of hydrogen-bond donors (Lipinski definition) is 3. The Kier molecular flexibility index (Phi) is 16.8. The molecule has 11 nitrogen and oxygen atoms in total. The molecule has 64 heavy (non-hydrogen) atoms. The van der Waals surface area contributed by atoms with Gasteiger partial charge in [0, 0.05) is 35.0 Å². The Morgan fingerprint density at radius 1 is 0.797 bits per heavy atom. The van der Waals surface area contributed by atoms with Crippen molar-refractivity contribution < 1.29 is 32.3 Å². The monoisotopic (exact) mass is 922 g/mol. The van der Waals surface area contributed by atoms with Gasteiger partial charge < -0.3 is 20.1 Å². The molecule has 6 rings (SSSR count). The normalized spacial score (nSPS) is 12.5. The average Bonchev–Trinajstić information content (AvgIpc) is 3.83. The van der Waals surface area contributed by atoms with Crippen LogP contribution in [0.3, 0.4) is 0 Å². The van der Waals surface area contributed by atoms with E-state index in [0.717, 1.165) is 62.5 Å². The summed E-state index contributed by atoms with van der Waals surface area (Å²) in [5, 5.41) is 9.94. The molecule has 1 aliphatic carbocycles. The van der Waals surface area contributed by atoms with Gasteiger partial charge in [0.1, 0.15) is 12.2 Å². The van der Waals surface area contributed by atoms with Gasteiger partial charge in [-0.15, -0.1) is 23.1 Å². The lowest BCUT2D eigenvalue weighted by Gasteiger charge is -2.18. The molecule has 0 radical (unpaired) electrons. The first-order chi connectivity index (χ1) is 30.7. The van der Waals surface area contributed by atoms with Crippen LogP contribution in [-0.4, -0.2) is 57.7 Å². The van der Waals surface area contributed by atoms with Crippen LogP contribution in [-0.2, 0) is 24.1 Å². The number of benzene rings is 4. The van der Waals surface area contributed by atoms with E-state index in [0.29, 0.717) is 39.9 Å². The number of anilines is 1. The van der Waals surface area contributed by atoms with E-state index in [1.165, 1.54) is 51.6 Å². The molecule has 0 saturated carbocycles. The SMILES string of the molecule is CSc1sc(C=NNC(=O)OC(C)(C)C)cc1S(=O)(=O)c1cccc(-c2c(C)cccc2NC(=O)CCCCCCCCCCNC(=O)OCC2c3ccccc3-c3ccccc32)c1.